The average Bonchev–Trinajstić information content (AvgIpc) is 2.74. The van der Waals surface area contributed by atoms with E-state index in [-0.39, 0.29) is 23.8 Å². The summed E-state index contributed by atoms with van der Waals surface area (Å²) in [7, 11) is 1.45. The van der Waals surface area contributed by atoms with E-state index >= 15 is 0 Å². The number of imide groups is 1. The Labute approximate surface area is 129 Å². The van der Waals surface area contributed by atoms with Crippen LogP contribution in [-0.4, -0.2) is 35.7 Å². The van der Waals surface area contributed by atoms with Gasteiger partial charge in [0, 0.05) is 18.7 Å². The molecule has 1 saturated carbocycles. The lowest BCUT2D eigenvalue weighted by Gasteiger charge is -2.26. The summed E-state index contributed by atoms with van der Waals surface area (Å²) < 4.78 is 0. The van der Waals surface area contributed by atoms with Gasteiger partial charge in [-0.1, -0.05) is 6.92 Å². The minimum atomic E-state index is -0.346. The molecular weight excluding hydrogens is 280 g/mol. The van der Waals surface area contributed by atoms with Gasteiger partial charge in [-0.05, 0) is 49.8 Å². The number of nitrogens with one attached hydrogen (secondary N) is 1. The second kappa shape index (κ2) is 5.55. The highest BCUT2D eigenvalue weighted by molar-refractivity contribution is 6.21. The van der Waals surface area contributed by atoms with Crippen molar-refractivity contribution in [1.82, 2.24) is 10.2 Å². The van der Waals surface area contributed by atoms with Gasteiger partial charge < -0.3 is 5.32 Å². The predicted octanol–water partition coefficient (Wildman–Crippen LogP) is 2.22. The minimum absolute atomic E-state index is 0.169. The SMILES string of the molecule is CC1CCC(NC(=O)c2ccc3c(c2)C(=O)N(C)C3=O)CC1. The Morgan fingerprint density at radius 1 is 1.09 bits per heavy atom. The number of rotatable bonds is 2. The second-order valence-electron chi connectivity index (χ2n) is 6.36. The predicted molar refractivity (Wildman–Crippen MR) is 81.8 cm³/mol. The molecule has 0 saturated heterocycles. The van der Waals surface area contributed by atoms with Gasteiger partial charge in [0.1, 0.15) is 0 Å². The molecule has 1 N–H and O–H groups in total. The molecule has 3 amide bonds. The molecule has 5 heteroatoms. The lowest BCUT2D eigenvalue weighted by atomic mass is 9.87. The lowest BCUT2D eigenvalue weighted by Crippen LogP contribution is -2.37. The molecule has 0 bridgehead atoms. The molecule has 5 nitrogen and oxygen atoms in total. The fourth-order valence-corrected chi connectivity index (χ4v) is 3.18. The topological polar surface area (TPSA) is 66.5 Å². The Morgan fingerprint density at radius 3 is 2.41 bits per heavy atom. The standard InChI is InChI=1S/C17H20N2O3/c1-10-3-6-12(7-4-10)18-15(20)11-5-8-13-14(9-11)17(22)19(2)16(13)21/h5,8-10,12H,3-4,6-7H2,1-2H3,(H,18,20). The molecule has 22 heavy (non-hydrogen) atoms. The highest BCUT2D eigenvalue weighted by atomic mass is 16.2. The smallest absolute Gasteiger partial charge is 0.261 e. The normalized spacial score (nSPS) is 24.4. The van der Waals surface area contributed by atoms with E-state index in [1.807, 2.05) is 0 Å². The molecule has 1 fully saturated rings. The van der Waals surface area contributed by atoms with Crippen molar-refractivity contribution in [3.63, 3.8) is 0 Å². The molecule has 0 radical (unpaired) electrons. The lowest BCUT2D eigenvalue weighted by molar-refractivity contribution is 0.0693. The summed E-state index contributed by atoms with van der Waals surface area (Å²) in [5, 5.41) is 3.04. The fraction of sp³-hybridized carbons (Fsp3) is 0.471. The number of carbonyl (C=O) groups excluding carboxylic acids is 3. The van der Waals surface area contributed by atoms with Gasteiger partial charge in [0.15, 0.2) is 0 Å². The van der Waals surface area contributed by atoms with Crippen molar-refractivity contribution in [1.29, 1.82) is 0 Å². The van der Waals surface area contributed by atoms with Crippen LogP contribution in [0, 0.1) is 5.92 Å². The molecule has 0 spiro atoms. The molecule has 0 aromatic heterocycles. The van der Waals surface area contributed by atoms with Crippen LogP contribution in [-0.2, 0) is 0 Å². The maximum Gasteiger partial charge on any atom is 0.261 e. The van der Waals surface area contributed by atoms with E-state index in [0.29, 0.717) is 16.7 Å². The van der Waals surface area contributed by atoms with Gasteiger partial charge >= 0.3 is 0 Å². The van der Waals surface area contributed by atoms with Crippen molar-refractivity contribution >= 4 is 17.7 Å². The van der Waals surface area contributed by atoms with Crippen LogP contribution in [0.15, 0.2) is 18.2 Å². The van der Waals surface area contributed by atoms with Gasteiger partial charge in [-0.15, -0.1) is 0 Å². The molecule has 1 aliphatic heterocycles. The highest BCUT2D eigenvalue weighted by Gasteiger charge is 2.33. The van der Waals surface area contributed by atoms with E-state index < -0.39 is 0 Å². The molecule has 2 aliphatic rings. The Morgan fingerprint density at radius 2 is 1.73 bits per heavy atom. The summed E-state index contributed by atoms with van der Waals surface area (Å²) in [6, 6.07) is 4.91. The number of fused-ring (bicyclic) bond motifs is 1. The molecule has 1 aliphatic carbocycles. The van der Waals surface area contributed by atoms with Crippen LogP contribution < -0.4 is 5.32 Å². The average molecular weight is 300 g/mol. The van der Waals surface area contributed by atoms with E-state index in [4.69, 9.17) is 0 Å². The van der Waals surface area contributed by atoms with Crippen LogP contribution in [0.25, 0.3) is 0 Å². The molecule has 116 valence electrons. The molecule has 3 rings (SSSR count). The Bertz CT molecular complexity index is 645. The van der Waals surface area contributed by atoms with Crippen molar-refractivity contribution in [3.05, 3.63) is 34.9 Å². The molecule has 0 unspecified atom stereocenters. The van der Waals surface area contributed by atoms with Gasteiger partial charge in [-0.2, -0.15) is 0 Å². The number of hydrogen-bond acceptors (Lipinski definition) is 3. The quantitative estimate of drug-likeness (QED) is 0.852. The summed E-state index contributed by atoms with van der Waals surface area (Å²) in [5.74, 6) is -0.0983. The first kappa shape index (κ1) is 14.8. The third-order valence-electron chi connectivity index (χ3n) is 4.70. The summed E-state index contributed by atoms with van der Waals surface area (Å²) in [4.78, 5) is 37.2. The van der Waals surface area contributed by atoms with E-state index in [2.05, 4.69) is 12.2 Å². The highest BCUT2D eigenvalue weighted by Crippen LogP contribution is 2.25. The summed E-state index contributed by atoms with van der Waals surface area (Å²) in [6.45, 7) is 2.23. The monoisotopic (exact) mass is 300 g/mol. The first-order valence-electron chi connectivity index (χ1n) is 7.74. The second-order valence-corrected chi connectivity index (χ2v) is 6.36. The summed E-state index contributed by atoms with van der Waals surface area (Å²) in [5.41, 5.74) is 1.13. The van der Waals surface area contributed by atoms with Gasteiger partial charge in [0.05, 0.1) is 11.1 Å². The number of benzene rings is 1. The zero-order valence-electron chi connectivity index (χ0n) is 12.9. The molecule has 0 atom stereocenters. The Balaban J connectivity index is 1.75. The van der Waals surface area contributed by atoms with Crippen LogP contribution in [0.4, 0.5) is 0 Å². The minimum Gasteiger partial charge on any atom is -0.349 e. The van der Waals surface area contributed by atoms with Crippen LogP contribution in [0.1, 0.15) is 63.7 Å². The fourth-order valence-electron chi connectivity index (χ4n) is 3.18. The molecular formula is C17H20N2O3. The maximum absolute atomic E-state index is 12.3. The number of carbonyl (C=O) groups is 3. The van der Waals surface area contributed by atoms with Gasteiger partial charge in [0.25, 0.3) is 17.7 Å². The van der Waals surface area contributed by atoms with Crippen molar-refractivity contribution in [2.45, 2.75) is 38.6 Å². The number of nitrogens with zero attached hydrogens (tertiary/aromatic N) is 1. The number of hydrogen-bond donors (Lipinski definition) is 1. The third kappa shape index (κ3) is 2.51. The zero-order chi connectivity index (χ0) is 15.9. The van der Waals surface area contributed by atoms with Crippen molar-refractivity contribution in [2.75, 3.05) is 7.05 Å². The molecule has 1 aromatic rings. The molecule has 1 aromatic carbocycles. The first-order valence-corrected chi connectivity index (χ1v) is 7.74. The van der Waals surface area contributed by atoms with E-state index in [9.17, 15) is 14.4 Å². The van der Waals surface area contributed by atoms with Crippen molar-refractivity contribution in [3.8, 4) is 0 Å². The van der Waals surface area contributed by atoms with Gasteiger partial charge in [0.2, 0.25) is 0 Å². The van der Waals surface area contributed by atoms with Crippen molar-refractivity contribution in [2.24, 2.45) is 5.92 Å². The third-order valence-corrected chi connectivity index (χ3v) is 4.70. The van der Waals surface area contributed by atoms with E-state index in [1.165, 1.54) is 13.1 Å². The molecule has 1 heterocycles. The van der Waals surface area contributed by atoms with Crippen LogP contribution in [0.5, 0.6) is 0 Å². The van der Waals surface area contributed by atoms with Crippen LogP contribution >= 0.6 is 0 Å². The summed E-state index contributed by atoms with van der Waals surface area (Å²) in [6.07, 6.45) is 4.26. The maximum atomic E-state index is 12.3. The van der Waals surface area contributed by atoms with Gasteiger partial charge in [-0.25, -0.2) is 0 Å². The zero-order valence-corrected chi connectivity index (χ0v) is 12.9. The largest absolute Gasteiger partial charge is 0.349 e. The first-order chi connectivity index (χ1) is 10.5. The van der Waals surface area contributed by atoms with Crippen LogP contribution in [0.2, 0.25) is 0 Å². The van der Waals surface area contributed by atoms with Gasteiger partial charge in [-0.3, -0.25) is 19.3 Å². The van der Waals surface area contributed by atoms with E-state index in [0.717, 1.165) is 36.5 Å². The Kier molecular flexibility index (Phi) is 3.72. The summed E-state index contributed by atoms with van der Waals surface area (Å²) >= 11 is 0. The van der Waals surface area contributed by atoms with Crippen LogP contribution in [0.3, 0.4) is 0 Å². The Hall–Kier alpha value is -2.17. The van der Waals surface area contributed by atoms with Crippen molar-refractivity contribution < 1.29 is 14.4 Å². The van der Waals surface area contributed by atoms with E-state index in [1.54, 1.807) is 12.1 Å². The number of amides is 3.